The molecule has 0 fully saturated rings. The van der Waals surface area contributed by atoms with Gasteiger partial charge >= 0.3 is 12.1 Å². The van der Waals surface area contributed by atoms with Crippen molar-refractivity contribution >= 4 is 5.97 Å². The van der Waals surface area contributed by atoms with E-state index in [4.69, 9.17) is 19.7 Å². The number of aromatic nitrogens is 1. The number of carboxylic acid groups (broad SMARTS) is 1. The Kier molecular flexibility index (Phi) is 6.86. The molecule has 1 unspecified atom stereocenters. The van der Waals surface area contributed by atoms with Crippen molar-refractivity contribution in [3.8, 4) is 28.6 Å². The highest BCUT2D eigenvalue weighted by Gasteiger charge is 2.35. The predicted octanol–water partition coefficient (Wildman–Crippen LogP) is 5.61. The normalized spacial score (nSPS) is 15.9. The predicted molar refractivity (Wildman–Crippen MR) is 122 cm³/mol. The first-order valence-corrected chi connectivity index (χ1v) is 11.1. The number of phenolic OH excluding ortho intramolecular Hbond substituents is 1. The van der Waals surface area contributed by atoms with Gasteiger partial charge in [-0.2, -0.15) is 13.2 Å². The van der Waals surface area contributed by atoms with Crippen molar-refractivity contribution in [3.05, 3.63) is 70.8 Å². The third-order valence-corrected chi connectivity index (χ3v) is 6.08. The standard InChI is InChI=1S/C16H14F3NO.C10H10O4/c1-21-14-9-8-13(16(17,18)19)15(20-14)12-7-3-5-10-4-2-6-11(10)12;11-7-1-2-8-6(3-10(12)13)5-14-9(8)4-7/h3,5,7-9H,2,4,6H2,1H3;1-2,4,6,11H,3,5H2,(H,12,13). The van der Waals surface area contributed by atoms with Gasteiger partial charge in [0, 0.05) is 29.2 Å². The number of carboxylic acids is 1. The van der Waals surface area contributed by atoms with Crippen LogP contribution in [0.1, 0.15) is 41.0 Å². The quantitative estimate of drug-likeness (QED) is 0.498. The summed E-state index contributed by atoms with van der Waals surface area (Å²) in [4.78, 5) is 14.6. The zero-order valence-corrected chi connectivity index (χ0v) is 18.9. The van der Waals surface area contributed by atoms with E-state index in [1.165, 1.54) is 19.2 Å². The highest BCUT2D eigenvalue weighted by molar-refractivity contribution is 5.70. The van der Waals surface area contributed by atoms with Crippen LogP contribution < -0.4 is 9.47 Å². The molecular weight excluding hydrogens is 463 g/mol. The monoisotopic (exact) mass is 487 g/mol. The molecule has 2 heterocycles. The second-order valence-electron chi connectivity index (χ2n) is 8.37. The summed E-state index contributed by atoms with van der Waals surface area (Å²) >= 11 is 0. The van der Waals surface area contributed by atoms with Crippen LogP contribution in [0.2, 0.25) is 0 Å². The Morgan fingerprint density at radius 1 is 1.17 bits per heavy atom. The van der Waals surface area contributed by atoms with E-state index in [1.807, 2.05) is 6.07 Å². The topological polar surface area (TPSA) is 88.9 Å². The number of aliphatic carboxylic acids is 1. The Balaban J connectivity index is 0.000000179. The van der Waals surface area contributed by atoms with E-state index in [1.54, 1.807) is 24.3 Å². The lowest BCUT2D eigenvalue weighted by atomic mass is 9.97. The largest absolute Gasteiger partial charge is 0.508 e. The van der Waals surface area contributed by atoms with Gasteiger partial charge in [0.05, 0.1) is 31.4 Å². The maximum Gasteiger partial charge on any atom is 0.418 e. The van der Waals surface area contributed by atoms with Gasteiger partial charge in [-0.05, 0) is 42.5 Å². The summed E-state index contributed by atoms with van der Waals surface area (Å²) in [6.07, 6.45) is -1.69. The smallest absolute Gasteiger partial charge is 0.418 e. The van der Waals surface area contributed by atoms with Crippen molar-refractivity contribution in [3.63, 3.8) is 0 Å². The summed E-state index contributed by atoms with van der Waals surface area (Å²) in [6, 6.07) is 12.5. The van der Waals surface area contributed by atoms with Gasteiger partial charge in [-0.25, -0.2) is 4.98 Å². The molecule has 35 heavy (non-hydrogen) atoms. The van der Waals surface area contributed by atoms with Gasteiger partial charge in [0.1, 0.15) is 11.5 Å². The molecule has 2 N–H and O–H groups in total. The van der Waals surface area contributed by atoms with Crippen LogP contribution in [0.25, 0.3) is 11.3 Å². The number of aromatic hydroxyl groups is 1. The molecule has 6 nitrogen and oxygen atoms in total. The number of pyridine rings is 1. The average molecular weight is 487 g/mol. The average Bonchev–Trinajstić information content (AvgIpc) is 3.45. The number of methoxy groups -OCH3 is 1. The molecule has 0 radical (unpaired) electrons. The van der Waals surface area contributed by atoms with Gasteiger partial charge in [0.2, 0.25) is 5.88 Å². The number of hydrogen-bond acceptors (Lipinski definition) is 5. The third-order valence-electron chi connectivity index (χ3n) is 6.08. The molecule has 0 bridgehead atoms. The van der Waals surface area contributed by atoms with E-state index in [-0.39, 0.29) is 29.7 Å². The highest BCUT2D eigenvalue weighted by atomic mass is 19.4. The van der Waals surface area contributed by atoms with E-state index >= 15 is 0 Å². The number of halogens is 3. The minimum atomic E-state index is -4.43. The number of benzene rings is 2. The summed E-state index contributed by atoms with van der Waals surface area (Å²) in [7, 11) is 1.40. The first kappa shape index (κ1) is 24.4. The second kappa shape index (κ2) is 9.85. The molecule has 1 aromatic heterocycles. The Morgan fingerprint density at radius 3 is 2.69 bits per heavy atom. The van der Waals surface area contributed by atoms with Gasteiger partial charge in [0.25, 0.3) is 0 Å². The Hall–Kier alpha value is -3.75. The highest BCUT2D eigenvalue weighted by Crippen LogP contribution is 2.40. The molecule has 2 aromatic carbocycles. The molecule has 5 rings (SSSR count). The van der Waals surface area contributed by atoms with E-state index in [9.17, 15) is 18.0 Å². The van der Waals surface area contributed by atoms with Crippen LogP contribution in [0.15, 0.2) is 48.5 Å². The lowest BCUT2D eigenvalue weighted by Gasteiger charge is -2.15. The molecule has 9 heteroatoms. The Labute approximate surface area is 200 Å². The zero-order chi connectivity index (χ0) is 25.2. The summed E-state index contributed by atoms with van der Waals surface area (Å²) < 4.78 is 50.0. The van der Waals surface area contributed by atoms with Crippen molar-refractivity contribution in [1.82, 2.24) is 4.98 Å². The number of aryl methyl sites for hydroxylation is 1. The molecule has 1 aliphatic carbocycles. The van der Waals surface area contributed by atoms with Crippen LogP contribution in [0.4, 0.5) is 13.2 Å². The SMILES string of the molecule is COc1ccc(C(F)(F)F)c(-c2cccc3c2CCC3)n1.O=C(O)CC1COc2cc(O)ccc21. The maximum atomic E-state index is 13.2. The molecule has 184 valence electrons. The van der Waals surface area contributed by atoms with Crippen molar-refractivity contribution in [2.75, 3.05) is 13.7 Å². The zero-order valence-electron chi connectivity index (χ0n) is 18.9. The number of fused-ring (bicyclic) bond motifs is 2. The minimum absolute atomic E-state index is 0.0411. The van der Waals surface area contributed by atoms with Gasteiger partial charge in [-0.15, -0.1) is 0 Å². The summed E-state index contributed by atoms with van der Waals surface area (Å²) in [5.74, 6) is -0.00722. The summed E-state index contributed by atoms with van der Waals surface area (Å²) in [6.45, 7) is 0.380. The van der Waals surface area contributed by atoms with E-state index in [0.717, 1.165) is 42.0 Å². The number of nitrogens with zero attached hydrogens (tertiary/aromatic N) is 1. The lowest BCUT2D eigenvalue weighted by Crippen LogP contribution is -2.09. The fourth-order valence-electron chi connectivity index (χ4n) is 4.48. The van der Waals surface area contributed by atoms with E-state index < -0.39 is 17.7 Å². The van der Waals surface area contributed by atoms with Gasteiger partial charge < -0.3 is 19.7 Å². The van der Waals surface area contributed by atoms with Gasteiger partial charge in [-0.1, -0.05) is 24.3 Å². The molecule has 1 aliphatic heterocycles. The first-order chi connectivity index (χ1) is 16.7. The van der Waals surface area contributed by atoms with Crippen molar-refractivity contribution in [1.29, 1.82) is 0 Å². The second-order valence-corrected chi connectivity index (χ2v) is 8.37. The molecule has 0 amide bonds. The number of rotatable bonds is 4. The third kappa shape index (κ3) is 5.34. The number of phenols is 1. The minimum Gasteiger partial charge on any atom is -0.508 e. The van der Waals surface area contributed by atoms with Crippen molar-refractivity contribution in [2.45, 2.75) is 37.8 Å². The fourth-order valence-corrected chi connectivity index (χ4v) is 4.48. The molecule has 0 spiro atoms. The van der Waals surface area contributed by atoms with Gasteiger partial charge in [-0.3, -0.25) is 4.79 Å². The van der Waals surface area contributed by atoms with E-state index in [2.05, 4.69) is 4.98 Å². The molecule has 0 saturated heterocycles. The summed E-state index contributed by atoms with van der Waals surface area (Å²) in [5, 5.41) is 17.8. The Morgan fingerprint density at radius 2 is 1.97 bits per heavy atom. The maximum absolute atomic E-state index is 13.2. The number of carbonyl (C=O) groups is 1. The Bertz CT molecular complexity index is 1240. The van der Waals surface area contributed by atoms with Crippen LogP contribution in [0.3, 0.4) is 0 Å². The molecule has 0 saturated carbocycles. The van der Waals surface area contributed by atoms with Crippen molar-refractivity contribution in [2.24, 2.45) is 0 Å². The number of ether oxygens (including phenoxy) is 2. The number of hydrogen-bond donors (Lipinski definition) is 2. The molecule has 3 aromatic rings. The molecule has 1 atom stereocenters. The van der Waals surface area contributed by atoms with Gasteiger partial charge in [0.15, 0.2) is 0 Å². The van der Waals surface area contributed by atoms with Crippen LogP contribution >= 0.6 is 0 Å². The fraction of sp³-hybridized carbons (Fsp3) is 0.308. The molecule has 2 aliphatic rings. The van der Waals surface area contributed by atoms with Crippen LogP contribution in [0.5, 0.6) is 17.4 Å². The molecular formula is C26H24F3NO5. The summed E-state index contributed by atoms with van der Waals surface area (Å²) in [5.41, 5.74) is 2.76. The van der Waals surface area contributed by atoms with Crippen LogP contribution in [-0.4, -0.2) is 34.9 Å². The van der Waals surface area contributed by atoms with Crippen molar-refractivity contribution < 1.29 is 37.7 Å². The van der Waals surface area contributed by atoms with Crippen LogP contribution in [0, 0.1) is 0 Å². The van der Waals surface area contributed by atoms with E-state index in [0.29, 0.717) is 17.9 Å². The number of alkyl halides is 3. The first-order valence-electron chi connectivity index (χ1n) is 11.1. The van der Waals surface area contributed by atoms with Crippen LogP contribution in [-0.2, 0) is 23.8 Å². The lowest BCUT2D eigenvalue weighted by molar-refractivity contribution is -0.138.